The van der Waals surface area contributed by atoms with Crippen molar-refractivity contribution in [1.29, 1.82) is 0 Å². The average molecular weight is 400 g/mol. The van der Waals surface area contributed by atoms with E-state index in [1.165, 1.54) is 0 Å². The quantitative estimate of drug-likeness (QED) is 0.592. The van der Waals surface area contributed by atoms with Crippen LogP contribution in [0.1, 0.15) is 22.7 Å². The van der Waals surface area contributed by atoms with Crippen molar-refractivity contribution in [3.8, 4) is 11.5 Å². The van der Waals surface area contributed by atoms with Crippen LogP contribution in [0, 0.1) is 0 Å². The lowest BCUT2D eigenvalue weighted by Crippen LogP contribution is -2.28. The molecule has 3 N–H and O–H groups in total. The molecule has 3 aromatic rings. The number of rotatable bonds is 8. The van der Waals surface area contributed by atoms with Gasteiger partial charge in [0.2, 0.25) is 0 Å². The molecular formula is C23H26ClNO3. The van der Waals surface area contributed by atoms with Gasteiger partial charge in [0, 0.05) is 6.42 Å². The Balaban J connectivity index is 0.00000280. The Morgan fingerprint density at radius 1 is 0.857 bits per heavy atom. The molecule has 4 nitrogen and oxygen atoms in total. The standard InChI is InChI=1S/C23H25NO3.ClH/c1-26-22-15-19(23(24)20(25)14-17-8-4-2-5-9-17)12-13-21(22)27-16-18-10-6-3-7-11-18;/h2-13,15,20,23,25H,14,16,24H2,1H3;1H/t20-,23+;/m0./s1. The second kappa shape index (κ2) is 10.7. The molecule has 0 radical (unpaired) electrons. The Bertz CT molecular complexity index is 843. The van der Waals surface area contributed by atoms with Gasteiger partial charge in [0.1, 0.15) is 6.61 Å². The molecule has 0 unspecified atom stereocenters. The number of methoxy groups -OCH3 is 1. The summed E-state index contributed by atoms with van der Waals surface area (Å²) in [7, 11) is 1.60. The number of benzene rings is 3. The lowest BCUT2D eigenvalue weighted by Gasteiger charge is -2.21. The Labute approximate surface area is 172 Å². The third-order valence-corrected chi connectivity index (χ3v) is 4.51. The second-order valence-electron chi connectivity index (χ2n) is 6.47. The van der Waals surface area contributed by atoms with Crippen LogP contribution in [0.4, 0.5) is 0 Å². The van der Waals surface area contributed by atoms with Gasteiger partial charge in [-0.1, -0.05) is 66.7 Å². The van der Waals surface area contributed by atoms with Gasteiger partial charge in [-0.15, -0.1) is 12.4 Å². The van der Waals surface area contributed by atoms with Crippen LogP contribution in [0.5, 0.6) is 11.5 Å². The molecule has 0 aromatic heterocycles. The minimum Gasteiger partial charge on any atom is -0.493 e. The molecule has 0 bridgehead atoms. The van der Waals surface area contributed by atoms with Gasteiger partial charge < -0.3 is 20.3 Å². The van der Waals surface area contributed by atoms with Crippen LogP contribution < -0.4 is 15.2 Å². The monoisotopic (exact) mass is 399 g/mol. The molecule has 3 rings (SSSR count). The van der Waals surface area contributed by atoms with Crippen molar-refractivity contribution in [3.05, 3.63) is 95.6 Å². The van der Waals surface area contributed by atoms with Gasteiger partial charge in [-0.05, 0) is 28.8 Å². The largest absolute Gasteiger partial charge is 0.493 e. The zero-order chi connectivity index (χ0) is 19.1. The number of halogens is 1. The zero-order valence-electron chi connectivity index (χ0n) is 15.8. The van der Waals surface area contributed by atoms with E-state index in [9.17, 15) is 5.11 Å². The molecule has 0 aliphatic carbocycles. The highest BCUT2D eigenvalue weighted by Crippen LogP contribution is 2.31. The van der Waals surface area contributed by atoms with E-state index in [1.54, 1.807) is 7.11 Å². The molecule has 0 amide bonds. The minimum atomic E-state index is -0.687. The van der Waals surface area contributed by atoms with Crippen LogP contribution in [0.3, 0.4) is 0 Å². The number of aliphatic hydroxyl groups excluding tert-OH is 1. The molecule has 0 fully saturated rings. The summed E-state index contributed by atoms with van der Waals surface area (Å²) in [5, 5.41) is 10.5. The summed E-state index contributed by atoms with van der Waals surface area (Å²) in [5.74, 6) is 1.25. The van der Waals surface area contributed by atoms with E-state index < -0.39 is 12.1 Å². The fraction of sp³-hybridized carbons (Fsp3) is 0.217. The first-order valence-corrected chi connectivity index (χ1v) is 8.99. The van der Waals surface area contributed by atoms with Crippen molar-refractivity contribution < 1.29 is 14.6 Å². The number of aliphatic hydroxyl groups is 1. The summed E-state index contributed by atoms with van der Waals surface area (Å²) in [4.78, 5) is 0. The zero-order valence-corrected chi connectivity index (χ0v) is 16.6. The molecule has 0 spiro atoms. The molecule has 28 heavy (non-hydrogen) atoms. The van der Waals surface area contributed by atoms with E-state index in [-0.39, 0.29) is 12.4 Å². The molecule has 0 saturated heterocycles. The third-order valence-electron chi connectivity index (χ3n) is 4.51. The number of ether oxygens (including phenoxy) is 2. The number of nitrogens with two attached hydrogens (primary N) is 1. The minimum absolute atomic E-state index is 0. The summed E-state index contributed by atoms with van der Waals surface area (Å²) < 4.78 is 11.3. The van der Waals surface area contributed by atoms with E-state index in [2.05, 4.69) is 0 Å². The summed E-state index contributed by atoms with van der Waals surface area (Å²) in [6, 6.07) is 24.8. The fourth-order valence-corrected chi connectivity index (χ4v) is 2.95. The maximum absolute atomic E-state index is 10.5. The van der Waals surface area contributed by atoms with Crippen LogP contribution in [-0.4, -0.2) is 18.3 Å². The van der Waals surface area contributed by atoms with E-state index in [0.717, 1.165) is 16.7 Å². The van der Waals surface area contributed by atoms with Crippen molar-refractivity contribution in [2.45, 2.75) is 25.2 Å². The molecule has 5 heteroatoms. The molecular weight excluding hydrogens is 374 g/mol. The summed E-state index contributed by atoms with van der Waals surface area (Å²) in [6.07, 6.45) is -0.190. The van der Waals surface area contributed by atoms with Gasteiger partial charge in [0.25, 0.3) is 0 Å². The lowest BCUT2D eigenvalue weighted by molar-refractivity contribution is 0.145. The van der Waals surface area contributed by atoms with Crippen LogP contribution in [-0.2, 0) is 13.0 Å². The normalized spacial score (nSPS) is 12.5. The maximum atomic E-state index is 10.5. The lowest BCUT2D eigenvalue weighted by atomic mass is 9.96. The Kier molecular flexibility index (Phi) is 8.33. The van der Waals surface area contributed by atoms with E-state index in [4.69, 9.17) is 15.2 Å². The molecule has 3 aromatic carbocycles. The van der Waals surface area contributed by atoms with Crippen LogP contribution in [0.2, 0.25) is 0 Å². The molecule has 148 valence electrons. The maximum Gasteiger partial charge on any atom is 0.161 e. The molecule has 0 heterocycles. The highest BCUT2D eigenvalue weighted by atomic mass is 35.5. The SMILES string of the molecule is COc1cc([C@@H](N)[C@@H](O)Cc2ccccc2)ccc1OCc1ccccc1.Cl. The van der Waals surface area contributed by atoms with Gasteiger partial charge in [-0.2, -0.15) is 0 Å². The smallest absolute Gasteiger partial charge is 0.161 e. The Hall–Kier alpha value is -2.53. The first-order valence-electron chi connectivity index (χ1n) is 8.99. The summed E-state index contributed by atoms with van der Waals surface area (Å²) >= 11 is 0. The Morgan fingerprint density at radius 2 is 1.46 bits per heavy atom. The van der Waals surface area contributed by atoms with Crippen LogP contribution in [0.15, 0.2) is 78.9 Å². The van der Waals surface area contributed by atoms with Crippen LogP contribution >= 0.6 is 12.4 Å². The van der Waals surface area contributed by atoms with E-state index in [0.29, 0.717) is 24.5 Å². The topological polar surface area (TPSA) is 64.7 Å². The first kappa shape index (κ1) is 21.8. The summed E-state index contributed by atoms with van der Waals surface area (Å²) in [5.41, 5.74) is 9.22. The van der Waals surface area contributed by atoms with Crippen molar-refractivity contribution in [2.75, 3.05) is 7.11 Å². The van der Waals surface area contributed by atoms with Gasteiger partial charge in [0.05, 0.1) is 19.3 Å². The van der Waals surface area contributed by atoms with Crippen molar-refractivity contribution >= 4 is 12.4 Å². The predicted molar refractivity (Wildman–Crippen MR) is 114 cm³/mol. The second-order valence-corrected chi connectivity index (χ2v) is 6.47. The van der Waals surface area contributed by atoms with Crippen LogP contribution in [0.25, 0.3) is 0 Å². The highest BCUT2D eigenvalue weighted by Gasteiger charge is 2.19. The Morgan fingerprint density at radius 3 is 2.07 bits per heavy atom. The van der Waals surface area contributed by atoms with Gasteiger partial charge >= 0.3 is 0 Å². The molecule has 2 atom stereocenters. The summed E-state index contributed by atoms with van der Waals surface area (Å²) in [6.45, 7) is 0.458. The van der Waals surface area contributed by atoms with Crippen molar-refractivity contribution in [3.63, 3.8) is 0 Å². The fourth-order valence-electron chi connectivity index (χ4n) is 2.95. The van der Waals surface area contributed by atoms with Gasteiger partial charge in [0.15, 0.2) is 11.5 Å². The molecule has 0 aliphatic heterocycles. The van der Waals surface area contributed by atoms with E-state index in [1.807, 2.05) is 78.9 Å². The average Bonchev–Trinajstić information content (AvgIpc) is 2.73. The van der Waals surface area contributed by atoms with Crippen molar-refractivity contribution in [1.82, 2.24) is 0 Å². The predicted octanol–water partition coefficient (Wildman–Crippen LogP) is 4.30. The third kappa shape index (κ3) is 5.73. The first-order chi connectivity index (χ1) is 13.2. The number of hydrogen-bond donors (Lipinski definition) is 2. The van der Waals surface area contributed by atoms with Gasteiger partial charge in [-0.3, -0.25) is 0 Å². The van der Waals surface area contributed by atoms with Gasteiger partial charge in [-0.25, -0.2) is 0 Å². The highest BCUT2D eigenvalue weighted by molar-refractivity contribution is 5.85. The molecule has 0 aliphatic rings. The molecule has 0 saturated carbocycles. The number of hydrogen-bond acceptors (Lipinski definition) is 4. The van der Waals surface area contributed by atoms with Crippen molar-refractivity contribution in [2.24, 2.45) is 5.73 Å². The van der Waals surface area contributed by atoms with E-state index >= 15 is 0 Å².